The molecule has 3 heterocycles. The van der Waals surface area contributed by atoms with Crippen molar-refractivity contribution in [1.29, 1.82) is 0 Å². The number of halogens is 1. The number of methoxy groups -OCH3 is 1. The molecule has 0 bridgehead atoms. The molecule has 8 nitrogen and oxygen atoms in total. The van der Waals surface area contributed by atoms with Gasteiger partial charge in [0.1, 0.15) is 5.75 Å². The van der Waals surface area contributed by atoms with E-state index in [4.69, 9.17) is 28.6 Å². The van der Waals surface area contributed by atoms with Crippen LogP contribution in [0.2, 0.25) is 5.02 Å². The minimum Gasteiger partial charge on any atom is -0.494 e. The number of rotatable bonds is 6. The molecule has 2 unspecified atom stereocenters. The van der Waals surface area contributed by atoms with Gasteiger partial charge < -0.3 is 19.5 Å². The molecule has 188 valence electrons. The zero-order valence-electron chi connectivity index (χ0n) is 20.4. The molecule has 1 fully saturated rings. The van der Waals surface area contributed by atoms with E-state index < -0.39 is 4.92 Å². The topological polar surface area (TPSA) is 85.5 Å². The summed E-state index contributed by atoms with van der Waals surface area (Å²) in [5.41, 5.74) is 5.41. The molecule has 0 radical (unpaired) electrons. The van der Waals surface area contributed by atoms with Crippen LogP contribution in [0, 0.1) is 24.0 Å². The second-order valence-corrected chi connectivity index (χ2v) is 9.57. The average molecular weight is 534 g/mol. The van der Waals surface area contributed by atoms with E-state index in [1.165, 1.54) is 19.2 Å². The largest absolute Gasteiger partial charge is 0.494 e. The molecule has 0 amide bonds. The summed E-state index contributed by atoms with van der Waals surface area (Å²) >= 11 is 12.0. The number of nitro benzene ring substituents is 1. The fourth-order valence-electron chi connectivity index (χ4n) is 4.97. The third-order valence-corrected chi connectivity index (χ3v) is 7.17. The number of nitrogens with one attached hydrogen (secondary N) is 1. The van der Waals surface area contributed by atoms with E-state index in [9.17, 15) is 10.1 Å². The Morgan fingerprint density at radius 3 is 2.51 bits per heavy atom. The van der Waals surface area contributed by atoms with Crippen LogP contribution in [0.25, 0.3) is 5.69 Å². The lowest BCUT2D eigenvalue weighted by molar-refractivity contribution is -0.384. The third kappa shape index (κ3) is 4.41. The summed E-state index contributed by atoms with van der Waals surface area (Å²) in [4.78, 5) is 17.6. The first-order valence-corrected chi connectivity index (χ1v) is 12.4. The number of nitro groups is 1. The summed E-state index contributed by atoms with van der Waals surface area (Å²) in [5, 5.41) is 16.0. The van der Waals surface area contributed by atoms with Gasteiger partial charge in [-0.2, -0.15) is 0 Å². The number of aromatic nitrogens is 2. The van der Waals surface area contributed by atoms with Crippen molar-refractivity contribution in [2.75, 3.05) is 12.0 Å². The number of thiocarbonyl (C=S) groups is 1. The van der Waals surface area contributed by atoms with Gasteiger partial charge in [-0.05, 0) is 80.2 Å². The zero-order valence-corrected chi connectivity index (χ0v) is 22.0. The summed E-state index contributed by atoms with van der Waals surface area (Å²) in [6.45, 7) is 4.03. The molecule has 2 aromatic carbocycles. The Bertz CT molecular complexity index is 1490. The number of benzene rings is 2. The summed E-state index contributed by atoms with van der Waals surface area (Å²) in [7, 11) is 1.51. The highest BCUT2D eigenvalue weighted by Gasteiger charge is 2.42. The average Bonchev–Trinajstić information content (AvgIpc) is 3.39. The molecule has 1 N–H and O–H groups in total. The molecule has 5 rings (SSSR count). The molecule has 10 heteroatoms. The number of ether oxygens (including phenoxy) is 1. The predicted octanol–water partition coefficient (Wildman–Crippen LogP) is 6.24. The first-order chi connectivity index (χ1) is 17.8. The van der Waals surface area contributed by atoms with Crippen LogP contribution in [0.3, 0.4) is 0 Å². The second-order valence-electron chi connectivity index (χ2n) is 8.75. The molecule has 1 aliphatic rings. The van der Waals surface area contributed by atoms with E-state index in [0.717, 1.165) is 34.0 Å². The molecule has 4 aromatic rings. The van der Waals surface area contributed by atoms with E-state index in [0.29, 0.717) is 15.9 Å². The highest BCUT2D eigenvalue weighted by atomic mass is 35.5. The Morgan fingerprint density at radius 2 is 1.86 bits per heavy atom. The van der Waals surface area contributed by atoms with Crippen LogP contribution in [-0.4, -0.2) is 26.7 Å². The van der Waals surface area contributed by atoms with Crippen molar-refractivity contribution in [3.63, 3.8) is 0 Å². The number of non-ortho nitro benzene ring substituents is 1. The van der Waals surface area contributed by atoms with E-state index in [1.807, 2.05) is 56.3 Å². The van der Waals surface area contributed by atoms with Crippen molar-refractivity contribution >= 4 is 40.3 Å². The molecule has 1 saturated heterocycles. The van der Waals surface area contributed by atoms with Gasteiger partial charge in [0.25, 0.3) is 5.69 Å². The van der Waals surface area contributed by atoms with E-state index >= 15 is 0 Å². The van der Waals surface area contributed by atoms with Crippen LogP contribution in [-0.2, 0) is 0 Å². The van der Waals surface area contributed by atoms with Gasteiger partial charge in [-0.1, -0.05) is 17.7 Å². The fourth-order valence-corrected chi connectivity index (χ4v) is 5.44. The third-order valence-electron chi connectivity index (χ3n) is 6.61. The van der Waals surface area contributed by atoms with Crippen molar-refractivity contribution in [3.05, 3.63) is 111 Å². The van der Waals surface area contributed by atoms with Gasteiger partial charge in [-0.25, -0.2) is 0 Å². The molecule has 2 aromatic heterocycles. The lowest BCUT2D eigenvalue weighted by atomic mass is 9.96. The Balaban J connectivity index is 1.68. The van der Waals surface area contributed by atoms with E-state index in [2.05, 4.69) is 25.8 Å². The van der Waals surface area contributed by atoms with Gasteiger partial charge in [0.2, 0.25) is 0 Å². The first kappa shape index (κ1) is 24.7. The summed E-state index contributed by atoms with van der Waals surface area (Å²) in [6, 6.07) is 19.7. The molecule has 2 atom stereocenters. The highest BCUT2D eigenvalue weighted by molar-refractivity contribution is 7.80. The number of aryl methyl sites for hydroxylation is 1. The lowest BCUT2D eigenvalue weighted by Crippen LogP contribution is -2.29. The maximum absolute atomic E-state index is 11.3. The maximum atomic E-state index is 11.3. The Morgan fingerprint density at radius 1 is 1.11 bits per heavy atom. The Kier molecular flexibility index (Phi) is 6.57. The summed E-state index contributed by atoms with van der Waals surface area (Å²) < 4.78 is 7.60. The van der Waals surface area contributed by atoms with Crippen LogP contribution >= 0.6 is 23.8 Å². The molecule has 0 spiro atoms. The van der Waals surface area contributed by atoms with Crippen molar-refractivity contribution in [1.82, 2.24) is 14.9 Å². The molecule has 1 aliphatic heterocycles. The van der Waals surface area contributed by atoms with Gasteiger partial charge >= 0.3 is 0 Å². The highest BCUT2D eigenvalue weighted by Crippen LogP contribution is 2.44. The monoisotopic (exact) mass is 533 g/mol. The van der Waals surface area contributed by atoms with E-state index in [-0.39, 0.29) is 17.8 Å². The minimum atomic E-state index is -0.431. The molecular formula is C27H24ClN5O3S. The zero-order chi connectivity index (χ0) is 26.3. The number of pyridine rings is 1. The number of nitrogens with zero attached hydrogens (tertiary/aromatic N) is 4. The molecular weight excluding hydrogens is 510 g/mol. The normalized spacial score (nSPS) is 17.1. The van der Waals surface area contributed by atoms with Crippen LogP contribution < -0.4 is 15.0 Å². The quantitative estimate of drug-likeness (QED) is 0.178. The molecule has 37 heavy (non-hydrogen) atoms. The van der Waals surface area contributed by atoms with Crippen LogP contribution in [0.4, 0.5) is 11.4 Å². The van der Waals surface area contributed by atoms with Gasteiger partial charge in [-0.15, -0.1) is 0 Å². The number of anilines is 1. The predicted molar refractivity (Wildman–Crippen MR) is 148 cm³/mol. The lowest BCUT2D eigenvalue weighted by Gasteiger charge is -2.28. The van der Waals surface area contributed by atoms with Crippen molar-refractivity contribution in [2.45, 2.75) is 25.9 Å². The summed E-state index contributed by atoms with van der Waals surface area (Å²) in [5.74, 6) is 0.415. The molecule has 0 aliphatic carbocycles. The Hall–Kier alpha value is -3.95. The maximum Gasteiger partial charge on any atom is 0.273 e. The smallest absolute Gasteiger partial charge is 0.273 e. The van der Waals surface area contributed by atoms with E-state index in [1.54, 1.807) is 12.3 Å². The van der Waals surface area contributed by atoms with Gasteiger partial charge in [0.05, 0.1) is 41.6 Å². The number of hydrogen-bond acceptors (Lipinski definition) is 5. The van der Waals surface area contributed by atoms with Crippen LogP contribution in [0.1, 0.15) is 34.7 Å². The van der Waals surface area contributed by atoms with Gasteiger partial charge in [-0.3, -0.25) is 15.1 Å². The second kappa shape index (κ2) is 9.84. The van der Waals surface area contributed by atoms with Crippen LogP contribution in [0.15, 0.2) is 72.9 Å². The van der Waals surface area contributed by atoms with Gasteiger partial charge in [0, 0.05) is 34.4 Å². The van der Waals surface area contributed by atoms with Crippen molar-refractivity contribution in [3.8, 4) is 11.4 Å². The molecule has 0 saturated carbocycles. The Labute approximate surface area is 224 Å². The van der Waals surface area contributed by atoms with Crippen molar-refractivity contribution < 1.29 is 9.66 Å². The van der Waals surface area contributed by atoms with Crippen molar-refractivity contribution in [2.24, 2.45) is 0 Å². The SMILES string of the molecule is COc1cc([N+](=O)[O-])ccc1-n1c(C)cc(C2C(c3ccccn3)NC(=S)N2c2ccc(Cl)cc2)c1C. The minimum absolute atomic E-state index is 0.0299. The summed E-state index contributed by atoms with van der Waals surface area (Å²) in [6.07, 6.45) is 1.77. The van der Waals surface area contributed by atoms with Crippen LogP contribution in [0.5, 0.6) is 5.75 Å². The van der Waals surface area contributed by atoms with Gasteiger partial charge in [0.15, 0.2) is 5.11 Å². The first-order valence-electron chi connectivity index (χ1n) is 11.6. The number of hydrogen-bond donors (Lipinski definition) is 1. The standard InChI is InChI=1S/C27H24ClN5O3S/c1-16-14-21(17(2)31(16)23-12-11-20(33(34)35)15-24(23)36-3)26-25(22-6-4-5-13-29-22)30-27(37)32(26)19-9-7-18(28)8-10-19/h4-15,25-26H,1-3H3,(H,30,37). The fraction of sp³-hybridized carbons (Fsp3) is 0.185.